The number of rotatable bonds is 2. The van der Waals surface area contributed by atoms with E-state index in [4.69, 9.17) is 0 Å². The molecule has 0 spiro atoms. The molecular formula is C19H26N2O3S. The second-order valence-corrected chi connectivity index (χ2v) is 9.56. The fourth-order valence-corrected chi connectivity index (χ4v) is 6.32. The zero-order chi connectivity index (χ0) is 17.4. The van der Waals surface area contributed by atoms with Crippen molar-refractivity contribution in [2.24, 2.45) is 5.92 Å². The lowest BCUT2D eigenvalue weighted by Gasteiger charge is -2.44. The Morgan fingerprint density at radius 3 is 2.60 bits per heavy atom. The van der Waals surface area contributed by atoms with Crippen molar-refractivity contribution in [3.63, 3.8) is 0 Å². The van der Waals surface area contributed by atoms with Gasteiger partial charge < -0.3 is 4.90 Å². The monoisotopic (exact) mass is 362 g/mol. The Morgan fingerprint density at radius 2 is 1.80 bits per heavy atom. The van der Waals surface area contributed by atoms with Crippen LogP contribution in [0, 0.1) is 5.92 Å². The maximum absolute atomic E-state index is 13.1. The fourth-order valence-electron chi connectivity index (χ4n) is 4.77. The smallest absolute Gasteiger partial charge is 0.254 e. The number of fused-ring (bicyclic) bond motifs is 1. The number of likely N-dealkylation sites (tertiary alicyclic amines) is 1. The number of carbonyl (C=O) groups excluding carboxylic acids is 1. The van der Waals surface area contributed by atoms with Crippen LogP contribution in [0.4, 0.5) is 5.69 Å². The third kappa shape index (κ3) is 3.16. The molecule has 136 valence electrons. The first-order valence-corrected chi connectivity index (χ1v) is 11.1. The van der Waals surface area contributed by atoms with E-state index in [-0.39, 0.29) is 11.7 Å². The molecule has 0 unspecified atom stereocenters. The van der Waals surface area contributed by atoms with Crippen LogP contribution in [-0.4, -0.2) is 44.1 Å². The number of carbonyl (C=O) groups is 1. The molecule has 0 radical (unpaired) electrons. The van der Waals surface area contributed by atoms with Gasteiger partial charge in [0.2, 0.25) is 10.0 Å². The van der Waals surface area contributed by atoms with Gasteiger partial charge in [-0.25, -0.2) is 8.42 Å². The van der Waals surface area contributed by atoms with Gasteiger partial charge in [-0.2, -0.15) is 0 Å². The molecule has 0 N–H and O–H groups in total. The summed E-state index contributed by atoms with van der Waals surface area (Å²) in [5.74, 6) is 0.907. The van der Waals surface area contributed by atoms with Crippen molar-refractivity contribution in [3.05, 3.63) is 29.8 Å². The first-order chi connectivity index (χ1) is 12.1. The van der Waals surface area contributed by atoms with Crippen LogP contribution < -0.4 is 4.31 Å². The highest BCUT2D eigenvalue weighted by molar-refractivity contribution is 7.93. The average molecular weight is 362 g/mol. The Morgan fingerprint density at radius 1 is 1.00 bits per heavy atom. The summed E-state index contributed by atoms with van der Waals surface area (Å²) >= 11 is 0. The van der Waals surface area contributed by atoms with E-state index in [0.29, 0.717) is 36.2 Å². The van der Waals surface area contributed by atoms with Crippen LogP contribution >= 0.6 is 0 Å². The molecule has 6 heteroatoms. The van der Waals surface area contributed by atoms with Gasteiger partial charge in [0.25, 0.3) is 5.91 Å². The van der Waals surface area contributed by atoms with E-state index >= 15 is 0 Å². The Kier molecular flexibility index (Phi) is 4.48. The van der Waals surface area contributed by atoms with E-state index in [1.54, 1.807) is 18.2 Å². The van der Waals surface area contributed by atoms with Gasteiger partial charge in [0, 0.05) is 24.7 Å². The van der Waals surface area contributed by atoms with E-state index in [1.807, 2.05) is 6.07 Å². The molecule has 3 aliphatic rings. The predicted octanol–water partition coefficient (Wildman–Crippen LogP) is 3.02. The molecule has 1 saturated carbocycles. The van der Waals surface area contributed by atoms with Crippen molar-refractivity contribution in [1.82, 2.24) is 4.90 Å². The molecule has 0 aromatic heterocycles. The van der Waals surface area contributed by atoms with Crippen molar-refractivity contribution in [3.8, 4) is 0 Å². The number of piperidine rings is 1. The van der Waals surface area contributed by atoms with E-state index < -0.39 is 10.0 Å². The fraction of sp³-hybridized carbons (Fsp3) is 0.632. The highest BCUT2D eigenvalue weighted by atomic mass is 32.2. The molecule has 3 fully saturated rings. The summed E-state index contributed by atoms with van der Waals surface area (Å²) in [7, 11) is -3.22. The first kappa shape index (κ1) is 16.9. The second-order valence-electron chi connectivity index (χ2n) is 7.54. The maximum Gasteiger partial charge on any atom is 0.254 e. The van der Waals surface area contributed by atoms with Crippen LogP contribution in [0.2, 0.25) is 0 Å². The lowest BCUT2D eigenvalue weighted by molar-refractivity contribution is 0.0390. The van der Waals surface area contributed by atoms with Crippen LogP contribution in [0.1, 0.15) is 55.3 Å². The molecule has 2 atom stereocenters. The number of benzene rings is 1. The summed E-state index contributed by atoms with van der Waals surface area (Å²) in [6.45, 7) is 1.33. The maximum atomic E-state index is 13.1. The molecule has 25 heavy (non-hydrogen) atoms. The van der Waals surface area contributed by atoms with Crippen molar-refractivity contribution >= 4 is 21.6 Å². The Balaban J connectivity index is 1.59. The van der Waals surface area contributed by atoms with Crippen LogP contribution in [0.3, 0.4) is 0 Å². The minimum atomic E-state index is -3.22. The minimum absolute atomic E-state index is 0.0649. The summed E-state index contributed by atoms with van der Waals surface area (Å²) in [5.41, 5.74) is 1.24. The highest BCUT2D eigenvalue weighted by Crippen LogP contribution is 2.36. The summed E-state index contributed by atoms with van der Waals surface area (Å²) in [6, 6.07) is 7.55. The van der Waals surface area contributed by atoms with Crippen molar-refractivity contribution in [2.75, 3.05) is 23.1 Å². The van der Waals surface area contributed by atoms with Crippen molar-refractivity contribution in [1.29, 1.82) is 0 Å². The molecule has 1 aromatic rings. The second kappa shape index (κ2) is 6.63. The minimum Gasteiger partial charge on any atom is -0.335 e. The largest absolute Gasteiger partial charge is 0.335 e. The Hall–Kier alpha value is -1.56. The summed E-state index contributed by atoms with van der Waals surface area (Å²) < 4.78 is 25.8. The number of hydrogen-bond donors (Lipinski definition) is 0. The SMILES string of the molecule is O=C(c1cccc(N2CCCS2(=O)=O)c1)N1CCC[C@@H]2CCCC[C@@H]21. The van der Waals surface area contributed by atoms with E-state index in [2.05, 4.69) is 4.90 Å². The molecular weight excluding hydrogens is 336 g/mol. The van der Waals surface area contributed by atoms with Crippen LogP contribution in [0.15, 0.2) is 24.3 Å². The molecule has 5 nitrogen and oxygen atoms in total. The molecule has 1 aliphatic carbocycles. The Labute approximate surface area is 150 Å². The van der Waals surface area contributed by atoms with Gasteiger partial charge in [-0.05, 0) is 56.2 Å². The number of nitrogens with zero attached hydrogens (tertiary/aromatic N) is 2. The third-order valence-electron chi connectivity index (χ3n) is 5.98. The van der Waals surface area contributed by atoms with Gasteiger partial charge >= 0.3 is 0 Å². The van der Waals surface area contributed by atoms with Gasteiger partial charge in [-0.1, -0.05) is 18.9 Å². The molecule has 4 rings (SSSR count). The molecule has 1 aromatic carbocycles. The lowest BCUT2D eigenvalue weighted by Crippen LogP contribution is -2.49. The van der Waals surface area contributed by atoms with Gasteiger partial charge in [0.15, 0.2) is 0 Å². The van der Waals surface area contributed by atoms with Gasteiger partial charge in [0.05, 0.1) is 11.4 Å². The topological polar surface area (TPSA) is 57.7 Å². The molecule has 2 aliphatic heterocycles. The normalized spacial score (nSPS) is 28.6. The zero-order valence-electron chi connectivity index (χ0n) is 14.6. The van der Waals surface area contributed by atoms with Gasteiger partial charge in [-0.3, -0.25) is 9.10 Å². The molecule has 2 saturated heterocycles. The summed E-state index contributed by atoms with van der Waals surface area (Å²) in [4.78, 5) is 15.2. The average Bonchev–Trinajstić information content (AvgIpc) is 3.00. The number of amides is 1. The Bertz CT molecular complexity index is 760. The highest BCUT2D eigenvalue weighted by Gasteiger charge is 2.36. The van der Waals surface area contributed by atoms with E-state index in [1.165, 1.54) is 30.0 Å². The third-order valence-corrected chi connectivity index (χ3v) is 7.85. The van der Waals surface area contributed by atoms with Crippen LogP contribution in [-0.2, 0) is 10.0 Å². The number of hydrogen-bond acceptors (Lipinski definition) is 3. The lowest BCUT2D eigenvalue weighted by atomic mass is 9.78. The number of anilines is 1. The zero-order valence-corrected chi connectivity index (χ0v) is 15.4. The van der Waals surface area contributed by atoms with Crippen molar-refractivity contribution < 1.29 is 13.2 Å². The molecule has 2 heterocycles. The van der Waals surface area contributed by atoms with E-state index in [9.17, 15) is 13.2 Å². The van der Waals surface area contributed by atoms with Gasteiger partial charge in [-0.15, -0.1) is 0 Å². The van der Waals surface area contributed by atoms with Crippen LogP contribution in [0.25, 0.3) is 0 Å². The first-order valence-electron chi connectivity index (χ1n) is 9.48. The van der Waals surface area contributed by atoms with Crippen LogP contribution in [0.5, 0.6) is 0 Å². The predicted molar refractivity (Wildman–Crippen MR) is 98.2 cm³/mol. The summed E-state index contributed by atoms with van der Waals surface area (Å²) in [5, 5.41) is 0. The van der Waals surface area contributed by atoms with Gasteiger partial charge in [0.1, 0.15) is 0 Å². The standard InChI is InChI=1S/C19H26N2O3S/c22-19(20-11-4-8-15-6-1-2-10-18(15)20)16-7-3-9-17(14-16)21-12-5-13-25(21,23)24/h3,7,9,14-15,18H,1-2,4-6,8,10-13H2/t15-,18-/m0/s1. The molecule has 0 bridgehead atoms. The van der Waals surface area contributed by atoms with E-state index in [0.717, 1.165) is 19.4 Å². The number of sulfonamides is 1. The summed E-state index contributed by atoms with van der Waals surface area (Å²) in [6.07, 6.45) is 7.80. The molecule has 1 amide bonds. The quantitative estimate of drug-likeness (QED) is 0.812. The van der Waals surface area contributed by atoms with Crippen molar-refractivity contribution in [2.45, 2.75) is 51.0 Å².